The van der Waals surface area contributed by atoms with Gasteiger partial charge in [-0.3, -0.25) is 9.30 Å². The first-order chi connectivity index (χ1) is 17.5. The molecular formula is C24H28ClFN4O4S2. The van der Waals surface area contributed by atoms with E-state index >= 15 is 0 Å². The fraction of sp³-hybridized carbons (Fsp3) is 0.458. The van der Waals surface area contributed by atoms with Gasteiger partial charge in [0.15, 0.2) is 10.8 Å². The van der Waals surface area contributed by atoms with E-state index in [0.29, 0.717) is 35.2 Å². The summed E-state index contributed by atoms with van der Waals surface area (Å²) >= 11 is 9.59. The van der Waals surface area contributed by atoms with Gasteiger partial charge < -0.3 is 19.9 Å². The van der Waals surface area contributed by atoms with E-state index in [4.69, 9.17) is 31.2 Å². The lowest BCUT2D eigenvalue weighted by molar-refractivity contribution is -0.136. The molecule has 36 heavy (non-hydrogen) atoms. The number of hydrogen-bond acceptors (Lipinski definition) is 10. The molecule has 0 radical (unpaired) electrons. The minimum Gasteiger partial charge on any atom is -0.466 e. The molecule has 12 heteroatoms. The zero-order chi connectivity index (χ0) is 25.5. The van der Waals surface area contributed by atoms with Crippen LogP contribution in [0.1, 0.15) is 29.5 Å². The molecule has 2 aliphatic heterocycles. The Hall–Kier alpha value is -2.02. The lowest BCUT2D eigenvalue weighted by Crippen LogP contribution is -2.40. The fourth-order valence-corrected chi connectivity index (χ4v) is 6.06. The molecule has 2 aromatic rings. The van der Waals surface area contributed by atoms with Crippen molar-refractivity contribution in [3.63, 3.8) is 0 Å². The Balaban J connectivity index is 1.61. The Kier molecular flexibility index (Phi) is 9.74. The van der Waals surface area contributed by atoms with Gasteiger partial charge in [-0.15, -0.1) is 11.3 Å². The van der Waals surface area contributed by atoms with Crippen LogP contribution in [-0.4, -0.2) is 72.0 Å². The number of aliphatic imine (C=N–C) groups is 1. The monoisotopic (exact) mass is 554 g/mol. The van der Waals surface area contributed by atoms with Gasteiger partial charge in [-0.05, 0) is 25.0 Å². The van der Waals surface area contributed by atoms with Crippen LogP contribution in [0.4, 0.5) is 4.39 Å². The molecule has 1 aromatic carbocycles. The maximum Gasteiger partial charge on any atom is 0.338 e. The highest BCUT2D eigenvalue weighted by molar-refractivity contribution is 7.97. The van der Waals surface area contributed by atoms with Crippen molar-refractivity contribution in [1.82, 2.24) is 14.6 Å². The van der Waals surface area contributed by atoms with Crippen LogP contribution in [0, 0.1) is 11.7 Å². The number of carbonyl (C=O) groups is 1. The van der Waals surface area contributed by atoms with E-state index in [0.717, 1.165) is 37.4 Å². The second kappa shape index (κ2) is 13.0. The number of carbonyl (C=O) groups excluding carboxylic acids is 1. The third kappa shape index (κ3) is 6.45. The van der Waals surface area contributed by atoms with E-state index in [2.05, 4.69) is 14.6 Å². The van der Waals surface area contributed by atoms with Crippen LogP contribution in [-0.2, 0) is 14.3 Å². The predicted octanol–water partition coefficient (Wildman–Crippen LogP) is 3.82. The van der Waals surface area contributed by atoms with Crippen molar-refractivity contribution in [2.75, 3.05) is 45.8 Å². The molecule has 1 unspecified atom stereocenters. The van der Waals surface area contributed by atoms with Crippen LogP contribution in [0.3, 0.4) is 0 Å². The number of ether oxygens (including phenoxy) is 2. The van der Waals surface area contributed by atoms with Crippen molar-refractivity contribution in [2.45, 2.75) is 18.9 Å². The van der Waals surface area contributed by atoms with Crippen molar-refractivity contribution in [2.24, 2.45) is 10.9 Å². The summed E-state index contributed by atoms with van der Waals surface area (Å²) in [7, 11) is 1.34. The van der Waals surface area contributed by atoms with Crippen LogP contribution in [0.5, 0.6) is 0 Å². The Bertz CT molecular complexity index is 1110. The van der Waals surface area contributed by atoms with Gasteiger partial charge in [-0.2, -0.15) is 0 Å². The standard InChI is InChI=1S/C24H28ClFN4O4S2/c1-33-24(32)19-20(15-4-7-30(8-5-15)36-13-11-34-10-9-31)28-22(23-27-6-12-35-23)29-21(19)17-3-2-16(26)14-18(17)25/h2-3,6,12,14-15,21,31H,4-5,7-11,13H2,1H3,(H,28,29). The topological polar surface area (TPSA) is 96.3 Å². The SMILES string of the molecule is COC(=O)C1=C(C2CCN(SCCOCCO)CC2)NC(c2nccs2)=NC1c1ccc(F)cc1Cl. The molecule has 194 valence electrons. The molecule has 1 atom stereocenters. The smallest absolute Gasteiger partial charge is 0.338 e. The van der Waals surface area contributed by atoms with Gasteiger partial charge in [-0.1, -0.05) is 29.6 Å². The Labute approximate surface area is 222 Å². The molecule has 2 aliphatic rings. The maximum absolute atomic E-state index is 13.8. The van der Waals surface area contributed by atoms with Crippen molar-refractivity contribution in [3.05, 3.63) is 62.5 Å². The number of thiazole rings is 1. The number of methoxy groups -OCH3 is 1. The van der Waals surface area contributed by atoms with Crippen molar-refractivity contribution < 1.29 is 23.8 Å². The highest BCUT2D eigenvalue weighted by Gasteiger charge is 2.37. The minimum absolute atomic E-state index is 0.0249. The van der Waals surface area contributed by atoms with Gasteiger partial charge >= 0.3 is 5.97 Å². The molecule has 8 nitrogen and oxygen atoms in total. The molecule has 0 spiro atoms. The van der Waals surface area contributed by atoms with Gasteiger partial charge in [0.05, 0.1) is 32.5 Å². The summed E-state index contributed by atoms with van der Waals surface area (Å²) in [6, 6.07) is 3.36. The van der Waals surface area contributed by atoms with Gasteiger partial charge in [-0.25, -0.2) is 14.2 Å². The van der Waals surface area contributed by atoms with Crippen LogP contribution < -0.4 is 5.32 Å². The summed E-state index contributed by atoms with van der Waals surface area (Å²) in [5.41, 5.74) is 1.67. The summed E-state index contributed by atoms with van der Waals surface area (Å²) in [5.74, 6) is 0.468. The van der Waals surface area contributed by atoms with E-state index in [9.17, 15) is 9.18 Å². The predicted molar refractivity (Wildman–Crippen MR) is 140 cm³/mol. The van der Waals surface area contributed by atoms with Crippen molar-refractivity contribution in [3.8, 4) is 0 Å². The summed E-state index contributed by atoms with van der Waals surface area (Å²) in [5, 5.41) is 15.0. The van der Waals surface area contributed by atoms with Gasteiger partial charge in [0.1, 0.15) is 11.9 Å². The summed E-state index contributed by atoms with van der Waals surface area (Å²) in [4.78, 5) is 22.3. The zero-order valence-corrected chi connectivity index (χ0v) is 22.2. The number of halogens is 2. The molecule has 0 aliphatic carbocycles. The molecule has 1 fully saturated rings. The van der Waals surface area contributed by atoms with Crippen LogP contribution >= 0.6 is 34.9 Å². The van der Waals surface area contributed by atoms with Crippen molar-refractivity contribution in [1.29, 1.82) is 0 Å². The first-order valence-electron chi connectivity index (χ1n) is 11.6. The number of allylic oxidation sites excluding steroid dienone is 1. The molecular weight excluding hydrogens is 527 g/mol. The van der Waals surface area contributed by atoms with E-state index in [1.807, 2.05) is 5.38 Å². The number of aliphatic hydroxyl groups excluding tert-OH is 1. The number of amidine groups is 1. The Morgan fingerprint density at radius 3 is 2.83 bits per heavy atom. The van der Waals surface area contributed by atoms with E-state index < -0.39 is 17.8 Å². The number of nitrogens with zero attached hydrogens (tertiary/aromatic N) is 3. The molecule has 4 rings (SSSR count). The number of rotatable bonds is 10. The molecule has 1 saturated heterocycles. The Morgan fingerprint density at radius 1 is 1.36 bits per heavy atom. The van der Waals surface area contributed by atoms with E-state index in [1.165, 1.54) is 30.6 Å². The molecule has 3 heterocycles. The van der Waals surface area contributed by atoms with E-state index in [-0.39, 0.29) is 17.5 Å². The number of aliphatic hydroxyl groups is 1. The third-order valence-corrected chi connectivity index (χ3v) is 8.16. The molecule has 0 amide bonds. The summed E-state index contributed by atoms with van der Waals surface area (Å²) in [6.45, 7) is 2.62. The number of hydrogen-bond donors (Lipinski definition) is 2. The fourth-order valence-electron chi connectivity index (χ4n) is 4.28. The van der Waals surface area contributed by atoms with Gasteiger partial charge in [0.25, 0.3) is 0 Å². The van der Waals surface area contributed by atoms with Crippen LogP contribution in [0.15, 0.2) is 46.0 Å². The largest absolute Gasteiger partial charge is 0.466 e. The lowest BCUT2D eigenvalue weighted by Gasteiger charge is -2.36. The normalized spacial score (nSPS) is 19.2. The number of piperidine rings is 1. The highest BCUT2D eigenvalue weighted by atomic mass is 35.5. The lowest BCUT2D eigenvalue weighted by atomic mass is 9.86. The Morgan fingerprint density at radius 2 is 2.17 bits per heavy atom. The summed E-state index contributed by atoms with van der Waals surface area (Å²) < 4.78 is 26.6. The average Bonchev–Trinajstić information content (AvgIpc) is 3.43. The van der Waals surface area contributed by atoms with Crippen LogP contribution in [0.25, 0.3) is 0 Å². The van der Waals surface area contributed by atoms with Gasteiger partial charge in [0, 0.05) is 52.6 Å². The minimum atomic E-state index is -0.753. The first-order valence-corrected chi connectivity index (χ1v) is 13.8. The quantitative estimate of drug-likeness (QED) is 0.260. The molecule has 1 aromatic heterocycles. The summed E-state index contributed by atoms with van der Waals surface area (Å²) in [6.07, 6.45) is 3.34. The van der Waals surface area contributed by atoms with E-state index in [1.54, 1.807) is 24.2 Å². The molecule has 2 N–H and O–H groups in total. The number of benzene rings is 1. The second-order valence-electron chi connectivity index (χ2n) is 8.20. The maximum atomic E-state index is 13.8. The van der Waals surface area contributed by atoms with Gasteiger partial charge in [0.2, 0.25) is 0 Å². The number of esters is 1. The number of aromatic nitrogens is 1. The second-order valence-corrected chi connectivity index (χ2v) is 10.7. The zero-order valence-electron chi connectivity index (χ0n) is 19.8. The highest BCUT2D eigenvalue weighted by Crippen LogP contribution is 2.40. The van der Waals surface area contributed by atoms with Crippen molar-refractivity contribution >= 4 is 46.7 Å². The third-order valence-electron chi connectivity index (χ3n) is 5.97. The molecule has 0 bridgehead atoms. The number of nitrogens with one attached hydrogen (secondary N) is 1. The molecule has 0 saturated carbocycles. The average molecular weight is 555 g/mol. The first kappa shape index (κ1) is 27.0. The van der Waals surface area contributed by atoms with Crippen LogP contribution in [0.2, 0.25) is 5.02 Å².